The normalized spacial score (nSPS) is 10.2. The van der Waals surface area contributed by atoms with Crippen LogP contribution in [0, 0.1) is 0 Å². The van der Waals surface area contributed by atoms with Crippen LogP contribution in [0.5, 0.6) is 0 Å². The van der Waals surface area contributed by atoms with Crippen molar-refractivity contribution in [3.8, 4) is 0 Å². The number of ether oxygens (including phenoxy) is 1. The van der Waals surface area contributed by atoms with Gasteiger partial charge in [-0.3, -0.25) is 19.2 Å². The summed E-state index contributed by atoms with van der Waals surface area (Å²) < 4.78 is 4.93. The summed E-state index contributed by atoms with van der Waals surface area (Å²) in [4.78, 5) is 49.9. The maximum absolute atomic E-state index is 12.4. The average molecular weight is 410 g/mol. The van der Waals surface area contributed by atoms with Crippen LogP contribution in [-0.4, -0.2) is 48.2 Å². The summed E-state index contributed by atoms with van der Waals surface area (Å²) in [6, 6.07) is 15.3. The highest BCUT2D eigenvalue weighted by atomic mass is 16.5. The Bertz CT molecular complexity index is 891. The Morgan fingerprint density at radius 2 is 1.53 bits per heavy atom. The van der Waals surface area contributed by atoms with E-state index in [4.69, 9.17) is 4.74 Å². The molecule has 0 heterocycles. The fourth-order valence-corrected chi connectivity index (χ4v) is 2.82. The van der Waals surface area contributed by atoms with Crippen LogP contribution in [0.3, 0.4) is 0 Å². The molecule has 0 atom stereocenters. The number of rotatable bonds is 10. The molecular formula is C23H26N2O5. The van der Waals surface area contributed by atoms with E-state index in [1.807, 2.05) is 13.8 Å². The van der Waals surface area contributed by atoms with Gasteiger partial charge in [-0.15, -0.1) is 0 Å². The van der Waals surface area contributed by atoms with Gasteiger partial charge in [0.2, 0.25) is 0 Å². The Hall–Kier alpha value is -3.48. The maximum atomic E-state index is 12.4. The van der Waals surface area contributed by atoms with Crippen molar-refractivity contribution in [3.63, 3.8) is 0 Å². The van der Waals surface area contributed by atoms with Crippen LogP contribution in [0.15, 0.2) is 54.6 Å². The van der Waals surface area contributed by atoms with Crippen LogP contribution in [0.1, 0.15) is 47.4 Å². The largest absolute Gasteiger partial charge is 0.456 e. The number of hydrogen-bond donors (Lipinski definition) is 1. The summed E-state index contributed by atoms with van der Waals surface area (Å²) in [5.41, 5.74) is 1.43. The highest BCUT2D eigenvalue weighted by Crippen LogP contribution is 2.13. The van der Waals surface area contributed by atoms with E-state index in [1.165, 1.54) is 0 Å². The Morgan fingerprint density at radius 3 is 2.20 bits per heavy atom. The van der Waals surface area contributed by atoms with Gasteiger partial charge >= 0.3 is 5.97 Å². The summed E-state index contributed by atoms with van der Waals surface area (Å²) in [5.74, 6) is -1.43. The van der Waals surface area contributed by atoms with Crippen molar-refractivity contribution in [1.82, 2.24) is 4.90 Å². The summed E-state index contributed by atoms with van der Waals surface area (Å²) >= 11 is 0. The third-order valence-electron chi connectivity index (χ3n) is 4.46. The van der Waals surface area contributed by atoms with Crippen LogP contribution in [-0.2, 0) is 14.3 Å². The predicted octanol–water partition coefficient (Wildman–Crippen LogP) is 3.31. The van der Waals surface area contributed by atoms with Crippen molar-refractivity contribution >= 4 is 29.3 Å². The van der Waals surface area contributed by atoms with E-state index >= 15 is 0 Å². The predicted molar refractivity (Wildman–Crippen MR) is 113 cm³/mol. The van der Waals surface area contributed by atoms with Crippen molar-refractivity contribution in [1.29, 1.82) is 0 Å². The number of nitrogens with zero attached hydrogens (tertiary/aromatic N) is 1. The van der Waals surface area contributed by atoms with Gasteiger partial charge in [0.05, 0.1) is 6.42 Å². The molecule has 2 aromatic rings. The Kier molecular flexibility index (Phi) is 8.75. The first-order chi connectivity index (χ1) is 14.4. The molecule has 0 aliphatic rings. The SMILES string of the molecule is CCN(CC)C(=O)c1cccc(NC(=O)COC(=O)CCC(=O)c2ccccc2)c1. The number of amides is 2. The minimum Gasteiger partial charge on any atom is -0.456 e. The van der Waals surface area contributed by atoms with Crippen molar-refractivity contribution in [2.75, 3.05) is 25.0 Å². The Balaban J connectivity index is 1.80. The van der Waals surface area contributed by atoms with E-state index in [0.717, 1.165) is 0 Å². The fraction of sp³-hybridized carbons (Fsp3) is 0.304. The van der Waals surface area contributed by atoms with Crippen molar-refractivity contribution in [2.24, 2.45) is 0 Å². The number of carbonyl (C=O) groups is 4. The molecule has 2 rings (SSSR count). The van der Waals surface area contributed by atoms with Gasteiger partial charge in [0.15, 0.2) is 12.4 Å². The number of nitrogens with one attached hydrogen (secondary N) is 1. The van der Waals surface area contributed by atoms with Crippen LogP contribution in [0.2, 0.25) is 0 Å². The second-order valence-corrected chi connectivity index (χ2v) is 6.56. The van der Waals surface area contributed by atoms with Crippen LogP contribution in [0.4, 0.5) is 5.69 Å². The summed E-state index contributed by atoms with van der Waals surface area (Å²) in [5, 5.41) is 2.60. The molecule has 1 N–H and O–H groups in total. The zero-order chi connectivity index (χ0) is 21.9. The molecule has 30 heavy (non-hydrogen) atoms. The minimum atomic E-state index is -0.625. The lowest BCUT2D eigenvalue weighted by atomic mass is 10.1. The molecule has 0 unspecified atom stereocenters. The molecule has 7 heteroatoms. The van der Waals surface area contributed by atoms with Gasteiger partial charge in [-0.2, -0.15) is 0 Å². The minimum absolute atomic E-state index is 0.0139. The quantitative estimate of drug-likeness (QED) is 0.479. The summed E-state index contributed by atoms with van der Waals surface area (Å²) in [6.45, 7) is 4.51. The molecule has 0 radical (unpaired) electrons. The number of Topliss-reactive ketones (excluding diaryl/α,β-unsaturated/α-hetero) is 1. The molecule has 0 saturated heterocycles. The lowest BCUT2D eigenvalue weighted by Crippen LogP contribution is -2.30. The molecule has 0 aromatic heterocycles. The monoisotopic (exact) mass is 410 g/mol. The smallest absolute Gasteiger partial charge is 0.306 e. The third kappa shape index (κ3) is 6.84. The van der Waals surface area contributed by atoms with Gasteiger partial charge in [-0.05, 0) is 32.0 Å². The second kappa shape index (κ2) is 11.5. The fourth-order valence-electron chi connectivity index (χ4n) is 2.82. The van der Waals surface area contributed by atoms with Gasteiger partial charge < -0.3 is 15.0 Å². The molecule has 158 valence electrons. The lowest BCUT2D eigenvalue weighted by molar-refractivity contribution is -0.147. The van der Waals surface area contributed by atoms with Crippen LogP contribution in [0.25, 0.3) is 0 Å². The molecule has 0 saturated carbocycles. The standard InChI is InChI=1S/C23H26N2O5/c1-3-25(4-2)23(29)18-11-8-12-19(15-18)24-21(27)16-30-22(28)14-13-20(26)17-9-6-5-7-10-17/h5-12,15H,3-4,13-14,16H2,1-2H3,(H,24,27). The Morgan fingerprint density at radius 1 is 0.867 bits per heavy atom. The Labute approximate surface area is 176 Å². The van der Waals surface area contributed by atoms with Gasteiger partial charge in [-0.1, -0.05) is 36.4 Å². The maximum Gasteiger partial charge on any atom is 0.306 e. The molecule has 2 aromatic carbocycles. The number of carbonyl (C=O) groups excluding carboxylic acids is 4. The summed E-state index contributed by atoms with van der Waals surface area (Å²) in [7, 11) is 0. The molecule has 0 spiro atoms. The third-order valence-corrected chi connectivity index (χ3v) is 4.46. The number of esters is 1. The summed E-state index contributed by atoms with van der Waals surface area (Å²) in [6.07, 6.45) is -0.0884. The van der Waals surface area contributed by atoms with Crippen LogP contribution >= 0.6 is 0 Å². The highest BCUT2D eigenvalue weighted by Gasteiger charge is 2.14. The number of hydrogen-bond acceptors (Lipinski definition) is 5. The first-order valence-corrected chi connectivity index (χ1v) is 9.87. The lowest BCUT2D eigenvalue weighted by Gasteiger charge is -2.19. The zero-order valence-corrected chi connectivity index (χ0v) is 17.2. The van der Waals surface area contributed by atoms with E-state index in [0.29, 0.717) is 29.9 Å². The van der Waals surface area contributed by atoms with Crippen molar-refractivity contribution < 1.29 is 23.9 Å². The van der Waals surface area contributed by atoms with E-state index in [9.17, 15) is 19.2 Å². The van der Waals surface area contributed by atoms with Gasteiger partial charge in [0, 0.05) is 36.3 Å². The van der Waals surface area contributed by atoms with Gasteiger partial charge in [0.1, 0.15) is 0 Å². The first kappa shape index (κ1) is 22.8. The molecule has 0 fully saturated rings. The highest BCUT2D eigenvalue weighted by molar-refractivity contribution is 5.99. The molecule has 0 bridgehead atoms. The molecule has 0 aliphatic carbocycles. The average Bonchev–Trinajstić information content (AvgIpc) is 2.77. The van der Waals surface area contributed by atoms with Crippen molar-refractivity contribution in [2.45, 2.75) is 26.7 Å². The zero-order valence-electron chi connectivity index (χ0n) is 17.2. The van der Waals surface area contributed by atoms with E-state index in [2.05, 4.69) is 5.32 Å². The first-order valence-electron chi connectivity index (χ1n) is 9.87. The molecular weight excluding hydrogens is 384 g/mol. The van der Waals surface area contributed by atoms with E-state index in [-0.39, 0.29) is 24.5 Å². The number of ketones is 1. The number of benzene rings is 2. The molecule has 0 aliphatic heterocycles. The van der Waals surface area contributed by atoms with E-state index in [1.54, 1.807) is 59.5 Å². The van der Waals surface area contributed by atoms with E-state index < -0.39 is 18.5 Å². The van der Waals surface area contributed by atoms with Gasteiger partial charge in [0.25, 0.3) is 11.8 Å². The number of anilines is 1. The van der Waals surface area contributed by atoms with Gasteiger partial charge in [-0.25, -0.2) is 0 Å². The topological polar surface area (TPSA) is 92.8 Å². The molecule has 7 nitrogen and oxygen atoms in total. The molecule has 2 amide bonds. The van der Waals surface area contributed by atoms with Crippen LogP contribution < -0.4 is 5.32 Å². The second-order valence-electron chi connectivity index (χ2n) is 6.56. The van der Waals surface area contributed by atoms with Crippen molar-refractivity contribution in [3.05, 3.63) is 65.7 Å².